The molecule has 4 rings (SSSR count). The van der Waals surface area contributed by atoms with E-state index in [9.17, 15) is 5.26 Å². The van der Waals surface area contributed by atoms with Crippen molar-refractivity contribution in [3.05, 3.63) is 47.8 Å². The first-order valence-corrected chi connectivity index (χ1v) is 17.0. The highest BCUT2D eigenvalue weighted by molar-refractivity contribution is 5.55. The smallest absolute Gasteiger partial charge is 0.159 e. The third-order valence-electron chi connectivity index (χ3n) is 10.3. The number of hydrogen-bond acceptors (Lipinski definition) is 3. The maximum atomic E-state index is 9.81. The molecular weight excluding hydrogens is 486 g/mol. The normalized spacial score (nSPS) is 25.0. The lowest BCUT2D eigenvalue weighted by Crippen LogP contribution is -2.25. The molecule has 3 nitrogen and oxygen atoms in total. The van der Waals surface area contributed by atoms with E-state index in [-0.39, 0.29) is 5.41 Å². The van der Waals surface area contributed by atoms with Crippen molar-refractivity contribution >= 4 is 0 Å². The summed E-state index contributed by atoms with van der Waals surface area (Å²) in [5, 5.41) is 9.81. The van der Waals surface area contributed by atoms with E-state index in [0.717, 1.165) is 49.4 Å². The van der Waals surface area contributed by atoms with Gasteiger partial charge in [-0.15, -0.1) is 0 Å². The minimum absolute atomic E-state index is 0.0749. The Balaban J connectivity index is 1.18. The summed E-state index contributed by atoms with van der Waals surface area (Å²) in [4.78, 5) is 9.59. The van der Waals surface area contributed by atoms with Crippen LogP contribution in [0.25, 0.3) is 11.4 Å². The molecule has 2 aliphatic rings. The van der Waals surface area contributed by atoms with Crippen molar-refractivity contribution in [2.75, 3.05) is 0 Å². The first-order chi connectivity index (χ1) is 19.7. The van der Waals surface area contributed by atoms with E-state index < -0.39 is 0 Å². The highest BCUT2D eigenvalue weighted by Gasteiger charge is 2.35. The van der Waals surface area contributed by atoms with Crippen LogP contribution in [0.5, 0.6) is 0 Å². The molecule has 0 amide bonds. The summed E-state index contributed by atoms with van der Waals surface area (Å²) in [6.07, 6.45) is 30.1. The zero-order valence-corrected chi connectivity index (χ0v) is 25.7. The molecule has 0 saturated heterocycles. The van der Waals surface area contributed by atoms with Gasteiger partial charge in [0.05, 0.1) is 11.5 Å². The van der Waals surface area contributed by atoms with Gasteiger partial charge in [0.25, 0.3) is 0 Å². The third-order valence-corrected chi connectivity index (χ3v) is 10.3. The van der Waals surface area contributed by atoms with Crippen LogP contribution in [0, 0.1) is 22.7 Å². The lowest BCUT2D eigenvalue weighted by atomic mass is 9.67. The summed E-state index contributed by atoms with van der Waals surface area (Å²) < 4.78 is 0. The predicted molar refractivity (Wildman–Crippen MR) is 168 cm³/mol. The van der Waals surface area contributed by atoms with Gasteiger partial charge in [-0.3, -0.25) is 0 Å². The van der Waals surface area contributed by atoms with Crippen molar-refractivity contribution in [1.82, 2.24) is 9.97 Å². The van der Waals surface area contributed by atoms with Crippen molar-refractivity contribution in [2.24, 2.45) is 11.3 Å². The minimum Gasteiger partial charge on any atom is -0.236 e. The number of hydrogen-bond donors (Lipinski definition) is 0. The molecule has 0 unspecified atom stereocenters. The monoisotopic (exact) mass is 541 g/mol. The molecule has 0 N–H and O–H groups in total. The van der Waals surface area contributed by atoms with E-state index in [1.807, 2.05) is 0 Å². The molecule has 1 heterocycles. The summed E-state index contributed by atoms with van der Waals surface area (Å²) in [7, 11) is 0. The fraction of sp³-hybridized carbons (Fsp3) is 0.703. The van der Waals surface area contributed by atoms with Crippen molar-refractivity contribution in [3.8, 4) is 17.5 Å². The Labute approximate surface area is 245 Å². The number of unbranched alkanes of at least 4 members (excludes halogenated alkanes) is 8. The van der Waals surface area contributed by atoms with Gasteiger partial charge in [0.2, 0.25) is 0 Å². The molecule has 0 radical (unpaired) electrons. The van der Waals surface area contributed by atoms with Crippen LogP contribution in [0.2, 0.25) is 0 Å². The molecular formula is C37H55N3. The number of aromatic nitrogens is 2. The first kappa shape index (κ1) is 30.7. The second-order valence-electron chi connectivity index (χ2n) is 13.2. The Kier molecular flexibility index (Phi) is 12.5. The molecule has 0 aliphatic heterocycles. The van der Waals surface area contributed by atoms with Crippen LogP contribution in [-0.2, 0) is 0 Å². The maximum absolute atomic E-state index is 9.81. The average Bonchev–Trinajstić information content (AvgIpc) is 3.02. The highest BCUT2D eigenvalue weighted by Crippen LogP contribution is 2.45. The molecule has 1 aromatic carbocycles. The van der Waals surface area contributed by atoms with Crippen molar-refractivity contribution < 1.29 is 0 Å². The van der Waals surface area contributed by atoms with Crippen molar-refractivity contribution in [1.29, 1.82) is 5.26 Å². The zero-order valence-electron chi connectivity index (χ0n) is 25.7. The predicted octanol–water partition coefficient (Wildman–Crippen LogP) is 11.3. The van der Waals surface area contributed by atoms with Gasteiger partial charge in [-0.2, -0.15) is 5.26 Å². The largest absolute Gasteiger partial charge is 0.236 e. The molecule has 0 spiro atoms. The van der Waals surface area contributed by atoms with Gasteiger partial charge in [-0.25, -0.2) is 9.97 Å². The summed E-state index contributed by atoms with van der Waals surface area (Å²) in [5.74, 6) is 2.98. The fourth-order valence-corrected chi connectivity index (χ4v) is 7.39. The van der Waals surface area contributed by atoms with E-state index in [2.05, 4.69) is 56.6 Å². The lowest BCUT2D eigenvalue weighted by Gasteiger charge is -2.35. The Bertz CT molecular complexity index is 1000. The molecule has 2 aromatic rings. The minimum atomic E-state index is -0.0749. The second kappa shape index (κ2) is 16.3. The topological polar surface area (TPSA) is 49.6 Å². The molecule has 2 saturated carbocycles. The highest BCUT2D eigenvalue weighted by atomic mass is 14.9. The summed E-state index contributed by atoms with van der Waals surface area (Å²) in [6, 6.07) is 11.6. The molecule has 2 aliphatic carbocycles. The molecule has 1 aromatic heterocycles. The van der Waals surface area contributed by atoms with Crippen molar-refractivity contribution in [3.63, 3.8) is 0 Å². The average molecular weight is 542 g/mol. The first-order valence-electron chi connectivity index (χ1n) is 17.0. The van der Waals surface area contributed by atoms with Crippen LogP contribution in [0.1, 0.15) is 165 Å². The SMILES string of the molecule is CCCCCCCCCCC1CCC(c2cnc(-c3ccc(C4CCC(C#N)(CCCC)CC4)cc3)nc2)CC1. The van der Waals surface area contributed by atoms with Crippen LogP contribution in [0.15, 0.2) is 36.7 Å². The van der Waals surface area contributed by atoms with Crippen molar-refractivity contribution in [2.45, 2.75) is 154 Å². The van der Waals surface area contributed by atoms with E-state index in [1.54, 1.807) is 0 Å². The lowest BCUT2D eigenvalue weighted by molar-refractivity contribution is 0.224. The standard InChI is InChI=1S/C37H55N3/c1-3-5-7-8-9-10-11-12-13-30-14-16-32(17-15-30)35-27-39-36(40-28-35)34-20-18-31(19-21-34)33-22-25-37(29-38,26-23-33)24-6-4-2/h18-21,27-28,30,32-33H,3-17,22-26H2,1-2H3. The Morgan fingerprint density at radius 3 is 1.88 bits per heavy atom. The van der Waals surface area contributed by atoms with Gasteiger partial charge in [0.1, 0.15) is 0 Å². The fourth-order valence-electron chi connectivity index (χ4n) is 7.39. The third kappa shape index (κ3) is 8.89. The molecule has 3 heteroatoms. The summed E-state index contributed by atoms with van der Waals surface area (Å²) in [5.41, 5.74) is 3.77. The van der Waals surface area contributed by atoms with Crippen LogP contribution >= 0.6 is 0 Å². The second-order valence-corrected chi connectivity index (χ2v) is 13.2. The van der Waals surface area contributed by atoms with E-state index in [0.29, 0.717) is 11.8 Å². The Morgan fingerprint density at radius 2 is 1.27 bits per heavy atom. The molecule has 40 heavy (non-hydrogen) atoms. The van der Waals surface area contributed by atoms with Gasteiger partial charge in [0, 0.05) is 18.0 Å². The molecule has 0 bridgehead atoms. The van der Waals surface area contributed by atoms with Crippen LogP contribution in [-0.4, -0.2) is 9.97 Å². The van der Waals surface area contributed by atoms with Crippen LogP contribution in [0.4, 0.5) is 0 Å². The molecule has 2 fully saturated rings. The summed E-state index contributed by atoms with van der Waals surface area (Å²) >= 11 is 0. The number of nitriles is 1. The number of benzene rings is 1. The van der Waals surface area contributed by atoms with Gasteiger partial charge < -0.3 is 0 Å². The quantitative estimate of drug-likeness (QED) is 0.211. The van der Waals surface area contributed by atoms with E-state index >= 15 is 0 Å². The Hall–Kier alpha value is -2.21. The van der Waals surface area contributed by atoms with Gasteiger partial charge in [-0.05, 0) is 86.7 Å². The maximum Gasteiger partial charge on any atom is 0.159 e. The van der Waals surface area contributed by atoms with Gasteiger partial charge >= 0.3 is 0 Å². The zero-order chi connectivity index (χ0) is 28.0. The van der Waals surface area contributed by atoms with Crippen LogP contribution in [0.3, 0.4) is 0 Å². The molecule has 218 valence electrons. The number of rotatable bonds is 15. The van der Waals surface area contributed by atoms with E-state index in [4.69, 9.17) is 9.97 Å². The molecule has 0 atom stereocenters. The van der Waals surface area contributed by atoms with Crippen LogP contribution < -0.4 is 0 Å². The summed E-state index contributed by atoms with van der Waals surface area (Å²) in [6.45, 7) is 4.52. The Morgan fingerprint density at radius 1 is 0.700 bits per heavy atom. The number of nitrogens with zero attached hydrogens (tertiary/aromatic N) is 3. The van der Waals surface area contributed by atoms with Gasteiger partial charge in [0.15, 0.2) is 5.82 Å². The van der Waals surface area contributed by atoms with E-state index in [1.165, 1.54) is 107 Å². The van der Waals surface area contributed by atoms with Gasteiger partial charge in [-0.1, -0.05) is 109 Å².